The minimum Gasteiger partial charge on any atom is -0.496 e. The molecule has 0 radical (unpaired) electrons. The second-order valence-corrected chi connectivity index (χ2v) is 5.75. The topological polar surface area (TPSA) is 86.5 Å². The van der Waals surface area contributed by atoms with E-state index in [-0.39, 0.29) is 0 Å². The van der Waals surface area contributed by atoms with Crippen LogP contribution in [-0.4, -0.2) is 20.5 Å². The van der Waals surface area contributed by atoms with E-state index in [9.17, 15) is 31.7 Å². The Hall–Kier alpha value is -1.55. The van der Waals surface area contributed by atoms with E-state index in [4.69, 9.17) is 10.7 Å². The molecule has 1 aromatic rings. The number of alkyl halides is 3. The molecule has 1 aromatic carbocycles. The largest absolute Gasteiger partial charge is 0.496 e. The van der Waals surface area contributed by atoms with Crippen LogP contribution < -0.4 is 4.74 Å². The molecule has 19 heavy (non-hydrogen) atoms. The van der Waals surface area contributed by atoms with E-state index in [1.807, 2.05) is 0 Å². The number of hydrogen-bond acceptors (Lipinski definition) is 5. The minimum atomic E-state index is -5.26. The summed E-state index contributed by atoms with van der Waals surface area (Å²) >= 11 is 0. The predicted octanol–water partition coefficient (Wildman–Crippen LogP) is 2.55. The van der Waals surface area contributed by atoms with E-state index < -0.39 is 42.0 Å². The lowest BCUT2D eigenvalue weighted by atomic mass is 10.1. The van der Waals surface area contributed by atoms with Gasteiger partial charge in [0.15, 0.2) is 5.56 Å². The number of hydrogen-bond donors (Lipinski definition) is 0. The molecule has 6 nitrogen and oxygen atoms in total. The number of nitro groups is 1. The summed E-state index contributed by atoms with van der Waals surface area (Å²) in [7, 11) is 1.04. The van der Waals surface area contributed by atoms with Crippen LogP contribution in [0.1, 0.15) is 5.56 Å². The molecule has 11 heteroatoms. The Bertz CT molecular complexity index is 628. The molecule has 0 aliphatic heterocycles. The van der Waals surface area contributed by atoms with Gasteiger partial charge in [-0.1, -0.05) is 0 Å². The Morgan fingerprint density at radius 1 is 1.37 bits per heavy atom. The van der Waals surface area contributed by atoms with Crippen molar-refractivity contribution < 1.29 is 31.2 Å². The van der Waals surface area contributed by atoms with Crippen LogP contribution >= 0.6 is 10.7 Å². The molecule has 1 rings (SSSR count). The molecular weight excluding hydrogens is 315 g/mol. The number of nitro benzene ring substituents is 1. The second kappa shape index (κ2) is 4.85. The number of halogens is 4. The lowest BCUT2D eigenvalue weighted by Gasteiger charge is -2.12. The molecule has 0 saturated heterocycles. The molecule has 0 fully saturated rings. The fraction of sp³-hybridized carbons (Fsp3) is 0.250. The zero-order valence-electron chi connectivity index (χ0n) is 9.06. The molecule has 0 atom stereocenters. The summed E-state index contributed by atoms with van der Waals surface area (Å²) in [6.07, 6.45) is -5.26. The molecule has 0 heterocycles. The third-order valence-corrected chi connectivity index (χ3v) is 3.38. The van der Waals surface area contributed by atoms with Gasteiger partial charge < -0.3 is 4.74 Å². The summed E-state index contributed by atoms with van der Waals surface area (Å²) in [4.78, 5) is 7.84. The van der Waals surface area contributed by atoms with Gasteiger partial charge in [0, 0.05) is 16.7 Å². The maximum Gasteiger partial charge on any atom is 0.424 e. The van der Waals surface area contributed by atoms with Crippen molar-refractivity contribution >= 4 is 25.4 Å². The van der Waals surface area contributed by atoms with Crippen LogP contribution in [0.25, 0.3) is 0 Å². The van der Waals surface area contributed by atoms with Crippen LogP contribution in [0.4, 0.5) is 18.9 Å². The molecule has 0 unspecified atom stereocenters. The Morgan fingerprint density at radius 2 is 1.89 bits per heavy atom. The van der Waals surface area contributed by atoms with E-state index in [0.29, 0.717) is 12.1 Å². The van der Waals surface area contributed by atoms with Gasteiger partial charge in [0.2, 0.25) is 0 Å². The molecule has 0 aromatic heterocycles. The molecular formula is C8H5ClF3NO5S. The highest BCUT2D eigenvalue weighted by Gasteiger charge is 2.44. The average molecular weight is 320 g/mol. The van der Waals surface area contributed by atoms with Crippen molar-refractivity contribution in [2.45, 2.75) is 11.1 Å². The summed E-state index contributed by atoms with van der Waals surface area (Å²) in [5.41, 5.74) is -3.39. The van der Waals surface area contributed by atoms with Gasteiger partial charge in [-0.15, -0.1) is 0 Å². The van der Waals surface area contributed by atoms with Crippen LogP contribution in [0.5, 0.6) is 5.75 Å². The molecule has 0 bridgehead atoms. The predicted molar refractivity (Wildman–Crippen MR) is 57.7 cm³/mol. The highest BCUT2D eigenvalue weighted by molar-refractivity contribution is 8.13. The van der Waals surface area contributed by atoms with Crippen molar-refractivity contribution in [3.63, 3.8) is 0 Å². The number of ether oxygens (including phenoxy) is 1. The fourth-order valence-corrected chi connectivity index (χ4v) is 2.40. The molecule has 0 aliphatic carbocycles. The lowest BCUT2D eigenvalue weighted by Crippen LogP contribution is -2.14. The van der Waals surface area contributed by atoms with E-state index in [0.717, 1.165) is 7.11 Å². The highest BCUT2D eigenvalue weighted by atomic mass is 35.7. The third kappa shape index (κ3) is 3.26. The first-order valence-electron chi connectivity index (χ1n) is 4.36. The van der Waals surface area contributed by atoms with Crippen molar-refractivity contribution in [3.8, 4) is 5.75 Å². The zero-order valence-corrected chi connectivity index (χ0v) is 10.6. The minimum absolute atomic E-state index is 0.432. The molecule has 0 saturated carbocycles. The Morgan fingerprint density at radius 3 is 2.21 bits per heavy atom. The maximum atomic E-state index is 12.8. The van der Waals surface area contributed by atoms with Gasteiger partial charge in [-0.05, 0) is 0 Å². The number of rotatable bonds is 3. The lowest BCUT2D eigenvalue weighted by molar-refractivity contribution is -0.388. The summed E-state index contributed by atoms with van der Waals surface area (Å²) in [6, 6.07) is 0.937. The van der Waals surface area contributed by atoms with Crippen molar-refractivity contribution in [1.29, 1.82) is 0 Å². The first kappa shape index (κ1) is 15.5. The van der Waals surface area contributed by atoms with Gasteiger partial charge >= 0.3 is 6.18 Å². The fourth-order valence-electron chi connectivity index (χ4n) is 1.32. The standard InChI is InChI=1S/C8H5ClF3NO5S/c1-18-4-2-5(13(14)15)7(8(10,11)12)6(3-4)19(9,16)17/h2-3H,1H3. The van der Waals surface area contributed by atoms with Crippen molar-refractivity contribution in [3.05, 3.63) is 27.8 Å². The maximum absolute atomic E-state index is 12.8. The van der Waals surface area contributed by atoms with E-state index in [1.165, 1.54) is 0 Å². The van der Waals surface area contributed by atoms with E-state index in [1.54, 1.807) is 0 Å². The van der Waals surface area contributed by atoms with E-state index >= 15 is 0 Å². The zero-order chi connectivity index (χ0) is 15.0. The normalized spacial score (nSPS) is 12.3. The van der Waals surface area contributed by atoms with Crippen molar-refractivity contribution in [1.82, 2.24) is 0 Å². The SMILES string of the molecule is COc1cc([N+](=O)[O-])c(C(F)(F)F)c(S(=O)(=O)Cl)c1. The summed E-state index contributed by atoms with van der Waals surface area (Å²) in [5, 5.41) is 10.6. The van der Waals surface area contributed by atoms with Crippen LogP contribution in [0.15, 0.2) is 17.0 Å². The quantitative estimate of drug-likeness (QED) is 0.485. The van der Waals surface area contributed by atoms with Gasteiger partial charge in [0.25, 0.3) is 14.7 Å². The first-order chi connectivity index (χ1) is 8.48. The van der Waals surface area contributed by atoms with Crippen LogP contribution in [0.3, 0.4) is 0 Å². The highest BCUT2D eigenvalue weighted by Crippen LogP contribution is 2.43. The molecule has 0 amide bonds. The number of nitrogens with zero attached hydrogens (tertiary/aromatic N) is 1. The van der Waals surface area contributed by atoms with Gasteiger partial charge in [-0.3, -0.25) is 10.1 Å². The molecule has 106 valence electrons. The van der Waals surface area contributed by atoms with Crippen molar-refractivity contribution in [2.75, 3.05) is 7.11 Å². The monoisotopic (exact) mass is 319 g/mol. The first-order valence-corrected chi connectivity index (χ1v) is 6.67. The average Bonchev–Trinajstić information content (AvgIpc) is 2.24. The van der Waals surface area contributed by atoms with Crippen LogP contribution in [-0.2, 0) is 15.2 Å². The van der Waals surface area contributed by atoms with Crippen LogP contribution in [0.2, 0.25) is 0 Å². The van der Waals surface area contributed by atoms with Gasteiger partial charge in [-0.25, -0.2) is 8.42 Å². The van der Waals surface area contributed by atoms with Gasteiger partial charge in [0.1, 0.15) is 10.6 Å². The Balaban J connectivity index is 3.88. The van der Waals surface area contributed by atoms with Crippen LogP contribution in [0, 0.1) is 10.1 Å². The number of benzene rings is 1. The number of methoxy groups -OCH3 is 1. The summed E-state index contributed by atoms with van der Waals surface area (Å²) < 4.78 is 65.1. The Labute approximate surface area is 109 Å². The Kier molecular flexibility index (Phi) is 3.96. The molecule has 0 N–H and O–H groups in total. The third-order valence-electron chi connectivity index (χ3n) is 2.03. The second-order valence-electron chi connectivity index (χ2n) is 3.21. The van der Waals surface area contributed by atoms with E-state index in [2.05, 4.69) is 4.74 Å². The van der Waals surface area contributed by atoms with Gasteiger partial charge in [-0.2, -0.15) is 13.2 Å². The smallest absolute Gasteiger partial charge is 0.424 e. The molecule has 0 spiro atoms. The van der Waals surface area contributed by atoms with Crippen molar-refractivity contribution in [2.24, 2.45) is 0 Å². The van der Waals surface area contributed by atoms with Gasteiger partial charge in [0.05, 0.1) is 18.1 Å². The summed E-state index contributed by atoms with van der Waals surface area (Å²) in [5.74, 6) is -0.432. The molecule has 0 aliphatic rings. The summed E-state index contributed by atoms with van der Waals surface area (Å²) in [6.45, 7) is 0.